The molecule has 170 valence electrons. The highest BCUT2D eigenvalue weighted by molar-refractivity contribution is 7.98. The predicted octanol–water partition coefficient (Wildman–Crippen LogP) is 6.22. The Labute approximate surface area is 193 Å². The van der Waals surface area contributed by atoms with Crippen molar-refractivity contribution in [1.82, 2.24) is 14.5 Å². The number of likely N-dealkylation sites (tertiary alicyclic amines) is 1. The first-order valence-electron chi connectivity index (χ1n) is 10.9. The lowest BCUT2D eigenvalue weighted by Gasteiger charge is -2.33. The molecule has 4 rings (SSSR count). The lowest BCUT2D eigenvalue weighted by molar-refractivity contribution is 0.0204. The van der Waals surface area contributed by atoms with Crippen molar-refractivity contribution >= 4 is 28.9 Å². The number of carbonyl (C=O) groups is 1. The van der Waals surface area contributed by atoms with Crippen LogP contribution in [0.4, 0.5) is 9.18 Å². The van der Waals surface area contributed by atoms with Gasteiger partial charge in [0.15, 0.2) is 5.82 Å². The average molecular weight is 456 g/mol. The number of fused-ring (bicyclic) bond motifs is 1. The first kappa shape index (κ1) is 22.6. The summed E-state index contributed by atoms with van der Waals surface area (Å²) in [6, 6.07) is 12.0. The van der Waals surface area contributed by atoms with Crippen molar-refractivity contribution in [3.8, 4) is 11.4 Å². The quantitative estimate of drug-likeness (QED) is 0.440. The summed E-state index contributed by atoms with van der Waals surface area (Å²) in [4.78, 5) is 19.9. The number of ether oxygens (including phenoxy) is 1. The molecule has 0 spiro atoms. The van der Waals surface area contributed by atoms with E-state index in [1.807, 2.05) is 62.9 Å². The van der Waals surface area contributed by atoms with Gasteiger partial charge in [0.05, 0.1) is 5.52 Å². The third-order valence-corrected chi connectivity index (χ3v) is 6.70. The molecule has 2 heterocycles. The number of thioether (sulfide) groups is 1. The minimum Gasteiger partial charge on any atom is -0.444 e. The van der Waals surface area contributed by atoms with Gasteiger partial charge in [-0.2, -0.15) is 0 Å². The number of hydrogen-bond donors (Lipinski definition) is 0. The molecule has 32 heavy (non-hydrogen) atoms. The van der Waals surface area contributed by atoms with Crippen LogP contribution in [0.2, 0.25) is 0 Å². The number of carbonyl (C=O) groups excluding carboxylic acids is 1. The monoisotopic (exact) mass is 455 g/mol. The van der Waals surface area contributed by atoms with Gasteiger partial charge in [0, 0.05) is 30.6 Å². The van der Waals surface area contributed by atoms with Crippen LogP contribution in [0.3, 0.4) is 0 Å². The SMILES string of the molecule is CSc1ccc(-c2nc3c(F)c(C4CCN(C(=O)OC(C)(C)C)CC4)ccc3n2C)cc1. The Morgan fingerprint density at radius 2 is 1.78 bits per heavy atom. The van der Waals surface area contributed by atoms with Crippen molar-refractivity contribution in [3.63, 3.8) is 0 Å². The lowest BCUT2D eigenvalue weighted by atomic mass is 9.89. The average Bonchev–Trinajstić information content (AvgIpc) is 3.10. The topological polar surface area (TPSA) is 47.4 Å². The fourth-order valence-corrected chi connectivity index (χ4v) is 4.66. The Morgan fingerprint density at radius 1 is 1.12 bits per heavy atom. The molecule has 1 amide bonds. The molecule has 1 aromatic heterocycles. The zero-order chi connectivity index (χ0) is 23.0. The second-order valence-electron chi connectivity index (χ2n) is 9.30. The van der Waals surface area contributed by atoms with Gasteiger partial charge < -0.3 is 14.2 Å². The van der Waals surface area contributed by atoms with Crippen molar-refractivity contribution in [2.45, 2.75) is 50.0 Å². The van der Waals surface area contributed by atoms with E-state index in [0.29, 0.717) is 37.0 Å². The van der Waals surface area contributed by atoms with Crippen LogP contribution in [0.15, 0.2) is 41.3 Å². The molecular formula is C25H30FN3O2S. The van der Waals surface area contributed by atoms with Gasteiger partial charge in [-0.15, -0.1) is 11.8 Å². The minimum atomic E-state index is -0.516. The summed E-state index contributed by atoms with van der Waals surface area (Å²) in [6.45, 7) is 6.71. The Kier molecular flexibility index (Phi) is 6.21. The predicted molar refractivity (Wildman–Crippen MR) is 128 cm³/mol. The molecule has 0 radical (unpaired) electrons. The van der Waals surface area contributed by atoms with Crippen LogP contribution in [-0.4, -0.2) is 45.5 Å². The van der Waals surface area contributed by atoms with Crippen LogP contribution in [0.25, 0.3) is 22.4 Å². The third-order valence-electron chi connectivity index (χ3n) is 5.96. The number of imidazole rings is 1. The Morgan fingerprint density at radius 3 is 2.38 bits per heavy atom. The molecule has 0 N–H and O–H groups in total. The third kappa shape index (κ3) is 4.49. The van der Waals surface area contributed by atoms with Gasteiger partial charge in [0.25, 0.3) is 0 Å². The molecule has 1 fully saturated rings. The second-order valence-corrected chi connectivity index (χ2v) is 10.2. The van der Waals surface area contributed by atoms with Gasteiger partial charge >= 0.3 is 6.09 Å². The summed E-state index contributed by atoms with van der Waals surface area (Å²) in [5.74, 6) is 0.564. The minimum absolute atomic E-state index is 0.0596. The van der Waals surface area contributed by atoms with E-state index in [1.165, 1.54) is 4.90 Å². The first-order chi connectivity index (χ1) is 15.2. The lowest BCUT2D eigenvalue weighted by Crippen LogP contribution is -2.41. The zero-order valence-electron chi connectivity index (χ0n) is 19.3. The maximum atomic E-state index is 15.6. The Hall–Kier alpha value is -2.54. The number of hydrogen-bond acceptors (Lipinski definition) is 4. The maximum absolute atomic E-state index is 15.6. The van der Waals surface area contributed by atoms with E-state index in [4.69, 9.17) is 4.74 Å². The summed E-state index contributed by atoms with van der Waals surface area (Å²) in [5, 5.41) is 0. The summed E-state index contributed by atoms with van der Waals surface area (Å²) in [6.07, 6.45) is 3.15. The van der Waals surface area contributed by atoms with Crippen LogP contribution >= 0.6 is 11.8 Å². The molecule has 5 nitrogen and oxygen atoms in total. The van der Waals surface area contributed by atoms with E-state index >= 15 is 4.39 Å². The number of piperidine rings is 1. The van der Waals surface area contributed by atoms with Crippen molar-refractivity contribution in [2.75, 3.05) is 19.3 Å². The van der Waals surface area contributed by atoms with Crippen LogP contribution in [0.1, 0.15) is 45.1 Å². The molecule has 0 atom stereocenters. The molecule has 0 bridgehead atoms. The molecule has 0 saturated carbocycles. The van der Waals surface area contributed by atoms with E-state index in [0.717, 1.165) is 16.9 Å². The number of amides is 1. The number of aryl methyl sites for hydroxylation is 1. The van der Waals surface area contributed by atoms with Crippen LogP contribution in [0, 0.1) is 5.82 Å². The second kappa shape index (κ2) is 8.77. The fourth-order valence-electron chi connectivity index (χ4n) is 4.26. The van der Waals surface area contributed by atoms with Gasteiger partial charge in [0.1, 0.15) is 16.9 Å². The standard InChI is InChI=1S/C25H30FN3O2S/c1-25(2,3)31-24(30)29-14-12-16(13-15-29)19-10-11-20-22(21(19)26)27-23(28(20)4)17-6-8-18(32-5)9-7-17/h6-11,16H,12-15H2,1-5H3. The van der Waals surface area contributed by atoms with E-state index in [2.05, 4.69) is 17.1 Å². The highest BCUT2D eigenvalue weighted by Gasteiger charge is 2.29. The number of rotatable bonds is 3. The van der Waals surface area contributed by atoms with Crippen molar-refractivity contribution in [1.29, 1.82) is 0 Å². The van der Waals surface area contributed by atoms with Crippen LogP contribution < -0.4 is 0 Å². The van der Waals surface area contributed by atoms with E-state index in [9.17, 15) is 4.79 Å². The van der Waals surface area contributed by atoms with Crippen molar-refractivity contribution in [3.05, 3.63) is 47.8 Å². The van der Waals surface area contributed by atoms with Gasteiger partial charge in [-0.1, -0.05) is 18.2 Å². The Balaban J connectivity index is 1.56. The molecular weight excluding hydrogens is 425 g/mol. The Bertz CT molecular complexity index is 1130. The molecule has 7 heteroatoms. The van der Waals surface area contributed by atoms with E-state index in [-0.39, 0.29) is 17.8 Å². The number of nitrogens with zero attached hydrogens (tertiary/aromatic N) is 3. The molecule has 0 unspecified atom stereocenters. The van der Waals surface area contributed by atoms with Crippen molar-refractivity contribution < 1.29 is 13.9 Å². The zero-order valence-corrected chi connectivity index (χ0v) is 20.1. The highest BCUT2D eigenvalue weighted by Crippen LogP contribution is 2.35. The summed E-state index contributed by atoms with van der Waals surface area (Å²) in [5.41, 5.74) is 2.32. The fraction of sp³-hybridized carbons (Fsp3) is 0.440. The van der Waals surface area contributed by atoms with Gasteiger partial charge in [0.2, 0.25) is 0 Å². The normalized spacial score (nSPS) is 15.4. The molecule has 0 aliphatic carbocycles. The number of benzene rings is 2. The van der Waals surface area contributed by atoms with Gasteiger partial charge in [-0.05, 0) is 69.5 Å². The van der Waals surface area contributed by atoms with E-state index in [1.54, 1.807) is 16.7 Å². The van der Waals surface area contributed by atoms with Crippen molar-refractivity contribution in [2.24, 2.45) is 7.05 Å². The number of aromatic nitrogens is 2. The molecule has 1 saturated heterocycles. The summed E-state index contributed by atoms with van der Waals surface area (Å²) in [7, 11) is 1.92. The molecule has 2 aromatic carbocycles. The molecule has 3 aromatic rings. The smallest absolute Gasteiger partial charge is 0.410 e. The molecule has 1 aliphatic rings. The van der Waals surface area contributed by atoms with E-state index < -0.39 is 5.60 Å². The first-order valence-corrected chi connectivity index (χ1v) is 12.2. The van der Waals surface area contributed by atoms with Gasteiger partial charge in [-0.3, -0.25) is 0 Å². The number of halogens is 1. The van der Waals surface area contributed by atoms with Gasteiger partial charge in [-0.25, -0.2) is 14.2 Å². The summed E-state index contributed by atoms with van der Waals surface area (Å²) < 4.78 is 23.0. The summed E-state index contributed by atoms with van der Waals surface area (Å²) >= 11 is 1.69. The highest BCUT2D eigenvalue weighted by atomic mass is 32.2. The van der Waals surface area contributed by atoms with Crippen LogP contribution in [0.5, 0.6) is 0 Å². The maximum Gasteiger partial charge on any atom is 0.410 e. The van der Waals surface area contributed by atoms with Crippen LogP contribution in [-0.2, 0) is 11.8 Å². The molecule has 1 aliphatic heterocycles. The largest absolute Gasteiger partial charge is 0.444 e.